The van der Waals surface area contributed by atoms with Gasteiger partial charge in [-0.3, -0.25) is 9.69 Å². The van der Waals surface area contributed by atoms with E-state index >= 15 is 0 Å². The van der Waals surface area contributed by atoms with E-state index in [-0.39, 0.29) is 5.41 Å². The van der Waals surface area contributed by atoms with E-state index in [1.165, 1.54) is 4.88 Å². The fourth-order valence-electron chi connectivity index (χ4n) is 4.13. The molecule has 0 saturated carbocycles. The summed E-state index contributed by atoms with van der Waals surface area (Å²) in [7, 11) is 1.68. The average molecular weight is 356 g/mol. The lowest BCUT2D eigenvalue weighted by Gasteiger charge is -2.23. The second-order valence-corrected chi connectivity index (χ2v) is 8.18. The molecule has 0 N–H and O–H groups in total. The number of methoxy groups -OCH3 is 1. The molecule has 2 aromatic rings. The van der Waals surface area contributed by atoms with Gasteiger partial charge in [-0.2, -0.15) is 0 Å². The van der Waals surface area contributed by atoms with Crippen molar-refractivity contribution in [3.63, 3.8) is 0 Å². The Balaban J connectivity index is 1.41. The van der Waals surface area contributed by atoms with Gasteiger partial charge >= 0.3 is 0 Å². The Morgan fingerprint density at radius 1 is 1.16 bits per heavy atom. The lowest BCUT2D eigenvalue weighted by atomic mass is 9.85. The van der Waals surface area contributed by atoms with Crippen molar-refractivity contribution in [1.82, 2.24) is 9.80 Å². The van der Waals surface area contributed by atoms with Crippen molar-refractivity contribution in [3.8, 4) is 5.75 Å². The number of carbonyl (C=O) groups is 1. The van der Waals surface area contributed by atoms with Gasteiger partial charge in [0.05, 0.1) is 12.5 Å². The zero-order valence-electron chi connectivity index (χ0n) is 14.6. The van der Waals surface area contributed by atoms with E-state index in [2.05, 4.69) is 28.5 Å². The summed E-state index contributed by atoms with van der Waals surface area (Å²) in [4.78, 5) is 19.0. The number of ether oxygens (including phenoxy) is 1. The van der Waals surface area contributed by atoms with Gasteiger partial charge in [-0.25, -0.2) is 0 Å². The largest absolute Gasteiger partial charge is 0.497 e. The van der Waals surface area contributed by atoms with Crippen LogP contribution in [0.3, 0.4) is 0 Å². The molecule has 2 aliphatic rings. The highest BCUT2D eigenvalue weighted by Crippen LogP contribution is 2.41. The Morgan fingerprint density at radius 3 is 2.84 bits per heavy atom. The van der Waals surface area contributed by atoms with Gasteiger partial charge < -0.3 is 9.64 Å². The van der Waals surface area contributed by atoms with Crippen molar-refractivity contribution in [2.45, 2.75) is 25.9 Å². The maximum absolute atomic E-state index is 13.1. The average Bonchev–Trinajstić information content (AvgIpc) is 3.35. The van der Waals surface area contributed by atoms with Gasteiger partial charge in [-0.1, -0.05) is 18.2 Å². The topological polar surface area (TPSA) is 32.8 Å². The standard InChI is InChI=1S/C20H24N2O2S/c1-24-17-5-2-4-16(12-17)13-22-10-8-20(19(22)23)7-9-21(15-20)14-18-6-3-11-25-18/h2-6,11-12H,7-10,13-15H2,1H3/t20-/m1/s1. The third-order valence-electron chi connectivity index (χ3n) is 5.50. The summed E-state index contributed by atoms with van der Waals surface area (Å²) >= 11 is 1.80. The molecule has 0 bridgehead atoms. The fourth-order valence-corrected chi connectivity index (χ4v) is 4.88. The first-order valence-electron chi connectivity index (χ1n) is 8.86. The number of thiophene rings is 1. The molecule has 1 atom stereocenters. The molecule has 5 heteroatoms. The van der Waals surface area contributed by atoms with Crippen LogP contribution < -0.4 is 4.74 Å². The predicted octanol–water partition coefficient (Wildman–Crippen LogP) is 3.38. The molecule has 25 heavy (non-hydrogen) atoms. The van der Waals surface area contributed by atoms with Crippen LogP contribution in [0.2, 0.25) is 0 Å². The number of benzene rings is 1. The van der Waals surface area contributed by atoms with Crippen LogP contribution in [0, 0.1) is 5.41 Å². The minimum absolute atomic E-state index is 0.157. The highest BCUT2D eigenvalue weighted by molar-refractivity contribution is 7.09. The Hall–Kier alpha value is -1.85. The first-order chi connectivity index (χ1) is 12.2. The third kappa shape index (κ3) is 3.31. The van der Waals surface area contributed by atoms with Crippen LogP contribution in [0.4, 0.5) is 0 Å². The number of rotatable bonds is 5. The van der Waals surface area contributed by atoms with Crippen LogP contribution in [-0.2, 0) is 17.9 Å². The Labute approximate surface area is 153 Å². The molecule has 1 aromatic carbocycles. The van der Waals surface area contributed by atoms with E-state index in [1.54, 1.807) is 18.4 Å². The summed E-state index contributed by atoms with van der Waals surface area (Å²) in [6, 6.07) is 12.3. The fraction of sp³-hybridized carbons (Fsp3) is 0.450. The first kappa shape index (κ1) is 16.6. The van der Waals surface area contributed by atoms with Crippen LogP contribution in [0.15, 0.2) is 41.8 Å². The van der Waals surface area contributed by atoms with Crippen LogP contribution in [-0.4, -0.2) is 42.5 Å². The second-order valence-electron chi connectivity index (χ2n) is 7.15. The van der Waals surface area contributed by atoms with Crippen LogP contribution >= 0.6 is 11.3 Å². The molecule has 1 aromatic heterocycles. The second kappa shape index (κ2) is 6.81. The molecule has 2 saturated heterocycles. The van der Waals surface area contributed by atoms with Crippen molar-refractivity contribution in [3.05, 3.63) is 52.2 Å². The molecule has 132 valence electrons. The summed E-state index contributed by atoms with van der Waals surface area (Å²) in [5, 5.41) is 2.12. The Bertz CT molecular complexity index is 746. The van der Waals surface area contributed by atoms with Gasteiger partial charge in [0.2, 0.25) is 5.91 Å². The number of hydrogen-bond acceptors (Lipinski definition) is 4. The molecule has 1 spiro atoms. The zero-order valence-corrected chi connectivity index (χ0v) is 15.4. The van der Waals surface area contributed by atoms with Crippen molar-refractivity contribution in [1.29, 1.82) is 0 Å². The normalized spacial score (nSPS) is 23.7. The van der Waals surface area contributed by atoms with Gasteiger partial charge in [0.1, 0.15) is 5.75 Å². The lowest BCUT2D eigenvalue weighted by molar-refractivity contribution is -0.136. The summed E-state index contributed by atoms with van der Waals surface area (Å²) in [6.45, 7) is 4.45. The quantitative estimate of drug-likeness (QED) is 0.823. The van der Waals surface area contributed by atoms with Gasteiger partial charge in [-0.15, -0.1) is 11.3 Å². The van der Waals surface area contributed by atoms with E-state index in [4.69, 9.17) is 4.74 Å². The third-order valence-corrected chi connectivity index (χ3v) is 6.36. The smallest absolute Gasteiger partial charge is 0.230 e. The molecule has 4 rings (SSSR count). The van der Waals surface area contributed by atoms with Crippen LogP contribution in [0.25, 0.3) is 0 Å². The molecule has 2 aliphatic heterocycles. The van der Waals surface area contributed by atoms with Crippen molar-refractivity contribution in [2.75, 3.05) is 26.7 Å². The summed E-state index contributed by atoms with van der Waals surface area (Å²) in [6.07, 6.45) is 1.97. The van der Waals surface area contributed by atoms with Crippen molar-refractivity contribution in [2.24, 2.45) is 5.41 Å². The lowest BCUT2D eigenvalue weighted by Crippen LogP contribution is -2.36. The number of amides is 1. The minimum Gasteiger partial charge on any atom is -0.497 e. The number of likely N-dealkylation sites (tertiary alicyclic amines) is 2. The van der Waals surface area contributed by atoms with Gasteiger partial charge in [0.25, 0.3) is 0 Å². The number of nitrogens with zero attached hydrogens (tertiary/aromatic N) is 2. The van der Waals surface area contributed by atoms with E-state index in [0.717, 1.165) is 50.3 Å². The van der Waals surface area contributed by atoms with Crippen LogP contribution in [0.1, 0.15) is 23.3 Å². The Morgan fingerprint density at radius 2 is 2.04 bits per heavy atom. The van der Waals surface area contributed by atoms with Gasteiger partial charge in [0, 0.05) is 31.1 Å². The van der Waals surface area contributed by atoms with E-state index in [1.807, 2.05) is 23.1 Å². The molecular formula is C20H24N2O2S. The number of carbonyl (C=O) groups excluding carboxylic acids is 1. The van der Waals surface area contributed by atoms with Crippen molar-refractivity contribution >= 4 is 17.2 Å². The molecule has 1 amide bonds. The maximum Gasteiger partial charge on any atom is 0.230 e. The predicted molar refractivity (Wildman–Crippen MR) is 99.7 cm³/mol. The molecule has 2 fully saturated rings. The molecule has 0 unspecified atom stereocenters. The van der Waals surface area contributed by atoms with Crippen LogP contribution in [0.5, 0.6) is 5.75 Å². The maximum atomic E-state index is 13.1. The SMILES string of the molecule is COc1cccc(CN2CC[C@@]3(CCN(Cc4cccs4)C3)C2=O)c1. The first-order valence-corrected chi connectivity index (χ1v) is 9.74. The molecule has 3 heterocycles. The minimum atomic E-state index is -0.157. The highest BCUT2D eigenvalue weighted by atomic mass is 32.1. The summed E-state index contributed by atoms with van der Waals surface area (Å²) < 4.78 is 5.29. The molecule has 4 nitrogen and oxygen atoms in total. The molecule has 0 aliphatic carbocycles. The highest BCUT2D eigenvalue weighted by Gasteiger charge is 2.50. The monoisotopic (exact) mass is 356 g/mol. The van der Waals surface area contributed by atoms with Gasteiger partial charge in [-0.05, 0) is 48.5 Å². The van der Waals surface area contributed by atoms with Crippen molar-refractivity contribution < 1.29 is 9.53 Å². The number of hydrogen-bond donors (Lipinski definition) is 0. The van der Waals surface area contributed by atoms with E-state index < -0.39 is 0 Å². The Kier molecular flexibility index (Phi) is 4.52. The molecular weight excluding hydrogens is 332 g/mol. The molecule has 0 radical (unpaired) electrons. The zero-order chi connectivity index (χ0) is 17.3. The van der Waals surface area contributed by atoms with E-state index in [0.29, 0.717) is 12.5 Å². The van der Waals surface area contributed by atoms with E-state index in [9.17, 15) is 4.79 Å². The summed E-state index contributed by atoms with van der Waals surface area (Å²) in [5.41, 5.74) is 0.981. The van der Waals surface area contributed by atoms with Gasteiger partial charge in [0.15, 0.2) is 0 Å². The summed E-state index contributed by atoms with van der Waals surface area (Å²) in [5.74, 6) is 1.19.